The first-order valence-corrected chi connectivity index (χ1v) is 8.24. The summed E-state index contributed by atoms with van der Waals surface area (Å²) in [5, 5.41) is 5.94. The molecule has 6 nitrogen and oxygen atoms in total. The number of hydrogen-bond acceptors (Lipinski definition) is 5. The van der Waals surface area contributed by atoms with E-state index in [1.165, 1.54) is 6.33 Å². The lowest BCUT2D eigenvalue weighted by Crippen LogP contribution is -2.14. The lowest BCUT2D eigenvalue weighted by molar-refractivity contribution is 0.102. The van der Waals surface area contributed by atoms with Crippen molar-refractivity contribution in [2.24, 2.45) is 0 Å². The van der Waals surface area contributed by atoms with Gasteiger partial charge in [0, 0.05) is 22.3 Å². The fourth-order valence-corrected chi connectivity index (χ4v) is 2.53. The Morgan fingerprint density at radius 3 is 2.72 bits per heavy atom. The highest BCUT2D eigenvalue weighted by molar-refractivity contribution is 9.10. The highest BCUT2D eigenvalue weighted by atomic mass is 79.9. The summed E-state index contributed by atoms with van der Waals surface area (Å²) in [4.78, 5) is 20.6. The predicted molar refractivity (Wildman–Crippen MR) is 100 cm³/mol. The maximum absolute atomic E-state index is 12.4. The van der Waals surface area contributed by atoms with Gasteiger partial charge in [-0.15, -0.1) is 0 Å². The second-order valence-corrected chi connectivity index (χ2v) is 5.93. The molecule has 3 rings (SSSR count). The minimum atomic E-state index is -0.317. The van der Waals surface area contributed by atoms with E-state index in [-0.39, 0.29) is 11.6 Å². The quantitative estimate of drug-likeness (QED) is 0.671. The van der Waals surface area contributed by atoms with Gasteiger partial charge in [0.1, 0.15) is 23.6 Å². The molecule has 2 aromatic carbocycles. The first kappa shape index (κ1) is 16.9. The number of benzene rings is 2. The van der Waals surface area contributed by atoms with E-state index in [0.717, 1.165) is 15.9 Å². The Balaban J connectivity index is 1.76. The number of halogens is 1. The Labute approximate surface area is 153 Å². The smallest absolute Gasteiger partial charge is 0.274 e. The molecule has 1 heterocycles. The lowest BCUT2D eigenvalue weighted by atomic mass is 10.3. The first-order chi connectivity index (χ1) is 12.2. The van der Waals surface area contributed by atoms with Crippen molar-refractivity contribution in [3.8, 4) is 5.75 Å². The largest absolute Gasteiger partial charge is 0.497 e. The zero-order chi connectivity index (χ0) is 17.6. The van der Waals surface area contributed by atoms with Crippen LogP contribution in [-0.4, -0.2) is 23.0 Å². The van der Waals surface area contributed by atoms with Crippen LogP contribution < -0.4 is 15.4 Å². The van der Waals surface area contributed by atoms with Gasteiger partial charge in [-0.05, 0) is 40.2 Å². The zero-order valence-electron chi connectivity index (χ0n) is 13.4. The van der Waals surface area contributed by atoms with Gasteiger partial charge in [-0.2, -0.15) is 0 Å². The maximum atomic E-state index is 12.4. The van der Waals surface area contributed by atoms with Crippen LogP contribution in [0.4, 0.5) is 17.2 Å². The van der Waals surface area contributed by atoms with Crippen LogP contribution in [0.15, 0.2) is 65.4 Å². The Kier molecular flexibility index (Phi) is 5.25. The molecule has 0 spiro atoms. The number of ether oxygens (including phenoxy) is 1. The van der Waals surface area contributed by atoms with E-state index in [9.17, 15) is 4.79 Å². The summed E-state index contributed by atoms with van der Waals surface area (Å²) < 4.78 is 5.99. The van der Waals surface area contributed by atoms with E-state index in [1.807, 2.05) is 42.5 Å². The molecule has 0 aliphatic rings. The number of methoxy groups -OCH3 is 1. The summed E-state index contributed by atoms with van der Waals surface area (Å²) in [6, 6.07) is 16.4. The van der Waals surface area contributed by atoms with Gasteiger partial charge < -0.3 is 15.4 Å². The molecule has 2 N–H and O–H groups in total. The van der Waals surface area contributed by atoms with Crippen LogP contribution in [0.25, 0.3) is 0 Å². The SMILES string of the molecule is COc1cccc(Nc2cc(C(=O)Nc3ccccc3Br)ncn2)c1. The van der Waals surface area contributed by atoms with E-state index in [4.69, 9.17) is 4.74 Å². The number of nitrogens with one attached hydrogen (secondary N) is 2. The number of hydrogen-bond donors (Lipinski definition) is 2. The standard InChI is InChI=1S/C18H15BrN4O2/c1-25-13-6-4-5-12(9-13)22-17-10-16(20-11-21-17)18(24)23-15-8-3-2-7-14(15)19/h2-11H,1H3,(H,23,24)(H,20,21,22). The van der Waals surface area contributed by atoms with Crippen LogP contribution >= 0.6 is 15.9 Å². The molecule has 3 aromatic rings. The van der Waals surface area contributed by atoms with Crippen LogP contribution in [0, 0.1) is 0 Å². The van der Waals surface area contributed by atoms with Crippen LogP contribution in [-0.2, 0) is 0 Å². The van der Waals surface area contributed by atoms with Crippen molar-refractivity contribution in [1.82, 2.24) is 9.97 Å². The molecule has 7 heteroatoms. The molecule has 25 heavy (non-hydrogen) atoms. The van der Waals surface area contributed by atoms with E-state index in [2.05, 4.69) is 36.5 Å². The van der Waals surface area contributed by atoms with E-state index in [0.29, 0.717) is 11.5 Å². The number of aromatic nitrogens is 2. The zero-order valence-corrected chi connectivity index (χ0v) is 14.9. The van der Waals surface area contributed by atoms with E-state index in [1.54, 1.807) is 19.2 Å². The normalized spacial score (nSPS) is 10.2. The molecule has 0 atom stereocenters. The minimum Gasteiger partial charge on any atom is -0.497 e. The Morgan fingerprint density at radius 2 is 1.92 bits per heavy atom. The summed E-state index contributed by atoms with van der Waals surface area (Å²) in [5.41, 5.74) is 1.74. The molecule has 0 bridgehead atoms. The van der Waals surface area contributed by atoms with Crippen molar-refractivity contribution < 1.29 is 9.53 Å². The monoisotopic (exact) mass is 398 g/mol. The lowest BCUT2D eigenvalue weighted by Gasteiger charge is -2.09. The van der Waals surface area contributed by atoms with Crippen molar-refractivity contribution in [2.45, 2.75) is 0 Å². The minimum absolute atomic E-state index is 0.260. The number of carbonyl (C=O) groups excluding carboxylic acids is 1. The average molecular weight is 399 g/mol. The highest BCUT2D eigenvalue weighted by Crippen LogP contribution is 2.23. The third-order valence-electron chi connectivity index (χ3n) is 3.36. The molecular weight excluding hydrogens is 384 g/mol. The van der Waals surface area contributed by atoms with Crippen molar-refractivity contribution in [3.63, 3.8) is 0 Å². The summed E-state index contributed by atoms with van der Waals surface area (Å²) in [7, 11) is 1.61. The molecule has 0 saturated heterocycles. The van der Waals surface area contributed by atoms with Gasteiger partial charge in [-0.25, -0.2) is 9.97 Å². The average Bonchev–Trinajstić information content (AvgIpc) is 2.64. The maximum Gasteiger partial charge on any atom is 0.274 e. The molecule has 0 unspecified atom stereocenters. The van der Waals surface area contributed by atoms with Gasteiger partial charge in [-0.3, -0.25) is 4.79 Å². The van der Waals surface area contributed by atoms with Gasteiger partial charge in [0.2, 0.25) is 0 Å². The summed E-state index contributed by atoms with van der Waals surface area (Å²) in [5.74, 6) is 0.925. The van der Waals surface area contributed by atoms with Gasteiger partial charge in [0.15, 0.2) is 0 Å². The molecule has 1 aromatic heterocycles. The Hall–Kier alpha value is -2.93. The first-order valence-electron chi connectivity index (χ1n) is 7.45. The number of anilines is 3. The topological polar surface area (TPSA) is 76.1 Å². The molecule has 0 radical (unpaired) electrons. The predicted octanol–water partition coefficient (Wildman–Crippen LogP) is 4.24. The van der Waals surface area contributed by atoms with Crippen molar-refractivity contribution >= 4 is 39.0 Å². The molecule has 126 valence electrons. The van der Waals surface area contributed by atoms with Crippen LogP contribution in [0.1, 0.15) is 10.5 Å². The molecule has 0 aliphatic heterocycles. The van der Waals surface area contributed by atoms with Crippen LogP contribution in [0.2, 0.25) is 0 Å². The third kappa shape index (κ3) is 4.33. The Morgan fingerprint density at radius 1 is 1.08 bits per heavy atom. The second-order valence-electron chi connectivity index (χ2n) is 5.08. The molecular formula is C18H15BrN4O2. The number of carbonyl (C=O) groups is 1. The summed E-state index contributed by atoms with van der Waals surface area (Å²) in [6.45, 7) is 0. The van der Waals surface area contributed by atoms with Crippen LogP contribution in [0.3, 0.4) is 0 Å². The third-order valence-corrected chi connectivity index (χ3v) is 4.06. The van der Waals surface area contributed by atoms with Crippen molar-refractivity contribution in [3.05, 3.63) is 71.1 Å². The number of rotatable bonds is 5. The summed E-state index contributed by atoms with van der Waals surface area (Å²) in [6.07, 6.45) is 1.34. The molecule has 0 fully saturated rings. The second kappa shape index (κ2) is 7.76. The van der Waals surface area contributed by atoms with Crippen molar-refractivity contribution in [2.75, 3.05) is 17.7 Å². The van der Waals surface area contributed by atoms with E-state index < -0.39 is 0 Å². The fourth-order valence-electron chi connectivity index (χ4n) is 2.15. The molecule has 0 saturated carbocycles. The van der Waals surface area contributed by atoms with Gasteiger partial charge >= 0.3 is 0 Å². The fraction of sp³-hybridized carbons (Fsp3) is 0.0556. The molecule has 0 aliphatic carbocycles. The molecule has 1 amide bonds. The Bertz CT molecular complexity index is 902. The number of para-hydroxylation sites is 1. The van der Waals surface area contributed by atoms with Gasteiger partial charge in [-0.1, -0.05) is 18.2 Å². The van der Waals surface area contributed by atoms with Gasteiger partial charge in [0.25, 0.3) is 5.91 Å². The highest BCUT2D eigenvalue weighted by Gasteiger charge is 2.11. The van der Waals surface area contributed by atoms with E-state index >= 15 is 0 Å². The van der Waals surface area contributed by atoms with Gasteiger partial charge in [0.05, 0.1) is 12.8 Å². The van der Waals surface area contributed by atoms with Crippen LogP contribution in [0.5, 0.6) is 5.75 Å². The summed E-state index contributed by atoms with van der Waals surface area (Å²) >= 11 is 3.40. The number of amides is 1. The number of nitrogens with zero attached hydrogens (tertiary/aromatic N) is 2. The van der Waals surface area contributed by atoms with Crippen molar-refractivity contribution in [1.29, 1.82) is 0 Å².